The van der Waals surface area contributed by atoms with Gasteiger partial charge in [0.05, 0.1) is 28.0 Å². The highest BCUT2D eigenvalue weighted by atomic mass is 35.5. The van der Waals surface area contributed by atoms with Crippen LogP contribution in [0.25, 0.3) is 11.0 Å². The Morgan fingerprint density at radius 1 is 1.21 bits per heavy atom. The minimum absolute atomic E-state index is 0.0145. The van der Waals surface area contributed by atoms with Gasteiger partial charge in [-0.3, -0.25) is 9.59 Å². The van der Waals surface area contributed by atoms with Gasteiger partial charge in [-0.15, -0.1) is 0 Å². The highest BCUT2D eigenvalue weighted by molar-refractivity contribution is 7.99. The Morgan fingerprint density at radius 3 is 2.69 bits per heavy atom. The summed E-state index contributed by atoms with van der Waals surface area (Å²) >= 11 is 7.43. The summed E-state index contributed by atoms with van der Waals surface area (Å²) in [6, 6.07) is 12.7. The molecule has 0 aliphatic heterocycles. The maximum Gasteiger partial charge on any atom is 0.253 e. The van der Waals surface area contributed by atoms with Crippen molar-refractivity contribution < 1.29 is 9.59 Å². The highest BCUT2D eigenvalue weighted by Gasteiger charge is 2.16. The van der Waals surface area contributed by atoms with Crippen LogP contribution in [0.15, 0.2) is 47.6 Å². The zero-order valence-corrected chi connectivity index (χ0v) is 18.1. The van der Waals surface area contributed by atoms with Crippen molar-refractivity contribution in [1.82, 2.24) is 14.9 Å². The summed E-state index contributed by atoms with van der Waals surface area (Å²) < 4.78 is 2.08. The number of halogens is 1. The summed E-state index contributed by atoms with van der Waals surface area (Å²) in [4.78, 5) is 29.6. The van der Waals surface area contributed by atoms with E-state index in [4.69, 9.17) is 11.6 Å². The number of hydrogen-bond donors (Lipinski definition) is 2. The molecule has 0 saturated heterocycles. The third-order valence-corrected chi connectivity index (χ3v) is 5.40. The van der Waals surface area contributed by atoms with Crippen LogP contribution < -0.4 is 10.6 Å². The van der Waals surface area contributed by atoms with Gasteiger partial charge in [0.25, 0.3) is 5.91 Å². The van der Waals surface area contributed by atoms with Gasteiger partial charge < -0.3 is 15.2 Å². The van der Waals surface area contributed by atoms with E-state index >= 15 is 0 Å². The minimum Gasteiger partial charge on any atom is -0.350 e. The van der Waals surface area contributed by atoms with Crippen molar-refractivity contribution >= 4 is 51.9 Å². The van der Waals surface area contributed by atoms with Crippen LogP contribution in [0.4, 0.5) is 5.69 Å². The molecule has 0 unspecified atom stereocenters. The van der Waals surface area contributed by atoms with Gasteiger partial charge in [-0.05, 0) is 51.1 Å². The first-order valence-corrected chi connectivity index (χ1v) is 10.7. The van der Waals surface area contributed by atoms with Crippen molar-refractivity contribution in [3.05, 3.63) is 53.1 Å². The maximum atomic E-state index is 12.6. The number of hydrogen-bond acceptors (Lipinski definition) is 4. The second kappa shape index (κ2) is 9.33. The van der Waals surface area contributed by atoms with Crippen LogP contribution in [0, 0.1) is 0 Å². The number of carbonyl (C=O) groups is 2. The number of amides is 2. The van der Waals surface area contributed by atoms with Crippen molar-refractivity contribution in [2.75, 3.05) is 11.1 Å². The van der Waals surface area contributed by atoms with Gasteiger partial charge in [-0.2, -0.15) is 0 Å². The van der Waals surface area contributed by atoms with Gasteiger partial charge >= 0.3 is 0 Å². The maximum absolute atomic E-state index is 12.6. The van der Waals surface area contributed by atoms with Crippen LogP contribution in [-0.4, -0.2) is 33.2 Å². The number of imidazole rings is 1. The number of rotatable bonds is 7. The average Bonchev–Trinajstić information content (AvgIpc) is 3.03. The Hall–Kier alpha value is -2.51. The molecule has 0 fully saturated rings. The molecule has 8 heteroatoms. The fourth-order valence-corrected chi connectivity index (χ4v) is 3.99. The van der Waals surface area contributed by atoms with E-state index in [0.717, 1.165) is 22.7 Å². The van der Waals surface area contributed by atoms with E-state index in [2.05, 4.69) is 20.2 Å². The second-order valence-corrected chi connectivity index (χ2v) is 8.16. The van der Waals surface area contributed by atoms with Crippen molar-refractivity contribution in [3.8, 4) is 0 Å². The fourth-order valence-electron chi connectivity index (χ4n) is 2.94. The minimum atomic E-state index is -0.257. The Bertz CT molecular complexity index is 1050. The molecule has 29 heavy (non-hydrogen) atoms. The van der Waals surface area contributed by atoms with Gasteiger partial charge in [-0.25, -0.2) is 4.98 Å². The highest BCUT2D eigenvalue weighted by Crippen LogP contribution is 2.25. The number of thioether (sulfide) groups is 1. The predicted octanol–water partition coefficient (Wildman–Crippen LogP) is 4.58. The standard InChI is InChI=1S/C21H23ClN4O2S/c1-4-26-18-8-6-5-7-16(18)25-21(26)29-12-19(27)24-17-11-14(22)9-10-15(17)20(28)23-13(2)3/h5-11,13H,4,12H2,1-3H3,(H,23,28)(H,24,27). The van der Waals surface area contributed by atoms with E-state index in [1.54, 1.807) is 18.2 Å². The molecule has 0 radical (unpaired) electrons. The Morgan fingerprint density at radius 2 is 1.97 bits per heavy atom. The first-order chi connectivity index (χ1) is 13.9. The van der Waals surface area contributed by atoms with Gasteiger partial charge in [-0.1, -0.05) is 35.5 Å². The number of aromatic nitrogens is 2. The molecule has 6 nitrogen and oxygen atoms in total. The van der Waals surface area contributed by atoms with Crippen LogP contribution in [0.2, 0.25) is 5.02 Å². The summed E-state index contributed by atoms with van der Waals surface area (Å²) in [7, 11) is 0. The molecule has 0 spiro atoms. The molecule has 152 valence electrons. The van der Waals surface area contributed by atoms with Crippen LogP contribution in [0.3, 0.4) is 0 Å². The van der Waals surface area contributed by atoms with Gasteiger partial charge in [0.1, 0.15) is 0 Å². The SMILES string of the molecule is CCn1c(SCC(=O)Nc2cc(Cl)ccc2C(=O)NC(C)C)nc2ccccc21. The lowest BCUT2D eigenvalue weighted by Gasteiger charge is -2.13. The lowest BCUT2D eigenvalue weighted by Crippen LogP contribution is -2.31. The van der Waals surface area contributed by atoms with Crippen LogP contribution >= 0.6 is 23.4 Å². The number of aryl methyl sites for hydroxylation is 1. The molecule has 0 bridgehead atoms. The number of para-hydroxylation sites is 2. The number of carbonyl (C=O) groups excluding carboxylic acids is 2. The number of nitrogens with zero attached hydrogens (tertiary/aromatic N) is 2. The van der Waals surface area contributed by atoms with Crippen molar-refractivity contribution in [1.29, 1.82) is 0 Å². The average molecular weight is 431 g/mol. The zero-order valence-electron chi connectivity index (χ0n) is 16.5. The number of anilines is 1. The lowest BCUT2D eigenvalue weighted by molar-refractivity contribution is -0.113. The van der Waals surface area contributed by atoms with Gasteiger partial charge in [0.15, 0.2) is 5.16 Å². The molecular formula is C21H23ClN4O2S. The molecule has 3 aromatic rings. The topological polar surface area (TPSA) is 76.0 Å². The largest absolute Gasteiger partial charge is 0.350 e. The molecule has 1 heterocycles. The molecule has 2 N–H and O–H groups in total. The van der Waals surface area contributed by atoms with Crippen LogP contribution in [0.1, 0.15) is 31.1 Å². The monoisotopic (exact) mass is 430 g/mol. The van der Waals surface area contributed by atoms with E-state index in [0.29, 0.717) is 16.3 Å². The Balaban J connectivity index is 1.73. The molecule has 2 aromatic carbocycles. The Kier molecular flexibility index (Phi) is 6.82. The number of fused-ring (bicyclic) bond motifs is 1. The van der Waals surface area contributed by atoms with Crippen molar-refractivity contribution in [2.24, 2.45) is 0 Å². The van der Waals surface area contributed by atoms with Gasteiger partial charge in [0, 0.05) is 17.6 Å². The normalized spacial score (nSPS) is 11.1. The van der Waals surface area contributed by atoms with E-state index in [1.807, 2.05) is 45.0 Å². The second-order valence-electron chi connectivity index (χ2n) is 6.78. The van der Waals surface area contributed by atoms with E-state index < -0.39 is 0 Å². The van der Waals surface area contributed by atoms with Gasteiger partial charge in [0.2, 0.25) is 5.91 Å². The van der Waals surface area contributed by atoms with Crippen molar-refractivity contribution in [3.63, 3.8) is 0 Å². The van der Waals surface area contributed by atoms with Crippen LogP contribution in [0.5, 0.6) is 0 Å². The third kappa shape index (κ3) is 5.10. The predicted molar refractivity (Wildman–Crippen MR) is 119 cm³/mol. The third-order valence-electron chi connectivity index (χ3n) is 4.19. The zero-order chi connectivity index (χ0) is 21.0. The fraction of sp³-hybridized carbons (Fsp3) is 0.286. The smallest absolute Gasteiger partial charge is 0.253 e. The lowest BCUT2D eigenvalue weighted by atomic mass is 10.1. The van der Waals surface area contributed by atoms with Crippen molar-refractivity contribution in [2.45, 2.75) is 38.5 Å². The molecule has 2 amide bonds. The molecule has 0 saturated carbocycles. The summed E-state index contributed by atoms with van der Waals surface area (Å²) in [5, 5.41) is 6.86. The van der Waals surface area contributed by atoms with Crippen LogP contribution in [-0.2, 0) is 11.3 Å². The quantitative estimate of drug-likeness (QED) is 0.538. The summed E-state index contributed by atoms with van der Waals surface area (Å²) in [5.74, 6) is -0.320. The molecular weight excluding hydrogens is 408 g/mol. The summed E-state index contributed by atoms with van der Waals surface area (Å²) in [5.41, 5.74) is 2.72. The number of nitrogens with one attached hydrogen (secondary N) is 2. The Labute approximate surface area is 179 Å². The molecule has 3 rings (SSSR count). The van der Waals surface area contributed by atoms with E-state index in [-0.39, 0.29) is 23.6 Å². The first-order valence-electron chi connectivity index (χ1n) is 9.37. The van der Waals surface area contributed by atoms with E-state index in [9.17, 15) is 9.59 Å². The number of benzene rings is 2. The molecule has 0 aliphatic carbocycles. The summed E-state index contributed by atoms with van der Waals surface area (Å²) in [6.07, 6.45) is 0. The first kappa shape index (κ1) is 21.2. The van der Waals surface area contributed by atoms with E-state index in [1.165, 1.54) is 11.8 Å². The summed E-state index contributed by atoms with van der Waals surface area (Å²) in [6.45, 7) is 6.56. The molecule has 0 atom stereocenters. The molecule has 0 aliphatic rings. The molecule has 1 aromatic heterocycles.